The molecule has 2 N–H and O–H groups in total. The smallest absolute Gasteiger partial charge is 0.252 e. The minimum Gasteiger partial charge on any atom is -0.349 e. The number of amides is 1. The Hall–Kier alpha value is -2.88. The Bertz CT molecular complexity index is 1030. The Balaban J connectivity index is 1.63. The van der Waals surface area contributed by atoms with Crippen molar-refractivity contribution >= 4 is 28.3 Å². The zero-order valence-electron chi connectivity index (χ0n) is 18.1. The SMILES string of the molecule is CCc1ccc(Nc2cc(C(=O)N[C@@H]3CCC[C@H](C)[C@H]3C)c3ccccc3n2)cc1. The van der Waals surface area contributed by atoms with Gasteiger partial charge in [0.2, 0.25) is 0 Å². The molecule has 4 rings (SSSR count). The number of benzene rings is 2. The minimum absolute atomic E-state index is 0.0102. The number of hydrogen-bond donors (Lipinski definition) is 2. The van der Waals surface area contributed by atoms with E-state index in [1.54, 1.807) is 0 Å². The van der Waals surface area contributed by atoms with Gasteiger partial charge in [0.05, 0.1) is 11.1 Å². The molecule has 0 unspecified atom stereocenters. The van der Waals surface area contributed by atoms with Gasteiger partial charge in [0.25, 0.3) is 5.91 Å². The number of anilines is 2. The van der Waals surface area contributed by atoms with Crippen LogP contribution in [0.2, 0.25) is 0 Å². The van der Waals surface area contributed by atoms with Crippen molar-refractivity contribution in [3.05, 3.63) is 65.7 Å². The van der Waals surface area contributed by atoms with E-state index in [-0.39, 0.29) is 11.9 Å². The summed E-state index contributed by atoms with van der Waals surface area (Å²) in [5.41, 5.74) is 3.76. The number of para-hydroxylation sites is 1. The third-order valence-electron chi connectivity index (χ3n) is 6.62. The second-order valence-corrected chi connectivity index (χ2v) is 8.59. The third kappa shape index (κ3) is 4.33. The molecule has 3 aromatic rings. The molecule has 30 heavy (non-hydrogen) atoms. The van der Waals surface area contributed by atoms with Crippen LogP contribution in [-0.2, 0) is 6.42 Å². The van der Waals surface area contributed by atoms with E-state index in [9.17, 15) is 4.79 Å². The van der Waals surface area contributed by atoms with Crippen LogP contribution >= 0.6 is 0 Å². The molecule has 0 saturated heterocycles. The number of fused-ring (bicyclic) bond motifs is 1. The van der Waals surface area contributed by atoms with Crippen molar-refractivity contribution < 1.29 is 4.79 Å². The highest BCUT2D eigenvalue weighted by Crippen LogP contribution is 2.30. The lowest BCUT2D eigenvalue weighted by molar-refractivity contribution is 0.0892. The van der Waals surface area contributed by atoms with Crippen LogP contribution in [0, 0.1) is 11.8 Å². The predicted molar refractivity (Wildman–Crippen MR) is 124 cm³/mol. The number of carbonyl (C=O) groups excluding carboxylic acids is 1. The Morgan fingerprint density at radius 1 is 1.07 bits per heavy atom. The van der Waals surface area contributed by atoms with Crippen LogP contribution in [0.15, 0.2) is 54.6 Å². The van der Waals surface area contributed by atoms with Crippen molar-refractivity contribution in [1.29, 1.82) is 0 Å². The molecule has 4 nitrogen and oxygen atoms in total. The Labute approximate surface area is 179 Å². The summed E-state index contributed by atoms with van der Waals surface area (Å²) < 4.78 is 0. The first-order chi connectivity index (χ1) is 14.5. The summed E-state index contributed by atoms with van der Waals surface area (Å²) in [5, 5.41) is 7.58. The molecule has 1 amide bonds. The van der Waals surface area contributed by atoms with Gasteiger partial charge in [-0.2, -0.15) is 0 Å². The number of carbonyl (C=O) groups is 1. The second kappa shape index (κ2) is 8.86. The highest BCUT2D eigenvalue weighted by Gasteiger charge is 2.28. The van der Waals surface area contributed by atoms with E-state index in [1.165, 1.54) is 18.4 Å². The molecule has 1 heterocycles. The molecule has 0 aliphatic heterocycles. The van der Waals surface area contributed by atoms with Crippen LogP contribution < -0.4 is 10.6 Å². The molecule has 1 aliphatic rings. The largest absolute Gasteiger partial charge is 0.349 e. The summed E-state index contributed by atoms with van der Waals surface area (Å²) in [6.45, 7) is 6.69. The number of nitrogens with one attached hydrogen (secondary N) is 2. The number of aromatic nitrogens is 1. The van der Waals surface area contributed by atoms with Gasteiger partial charge in [-0.3, -0.25) is 4.79 Å². The summed E-state index contributed by atoms with van der Waals surface area (Å²) in [6.07, 6.45) is 4.48. The fraction of sp³-hybridized carbons (Fsp3) is 0.385. The summed E-state index contributed by atoms with van der Waals surface area (Å²) in [6, 6.07) is 18.3. The molecule has 2 aromatic carbocycles. The van der Waals surface area contributed by atoms with E-state index < -0.39 is 0 Å². The van der Waals surface area contributed by atoms with Crippen molar-refractivity contribution in [1.82, 2.24) is 10.3 Å². The first-order valence-corrected chi connectivity index (χ1v) is 11.1. The van der Waals surface area contributed by atoms with Crippen molar-refractivity contribution in [2.75, 3.05) is 5.32 Å². The lowest BCUT2D eigenvalue weighted by Gasteiger charge is -2.34. The minimum atomic E-state index is -0.0102. The second-order valence-electron chi connectivity index (χ2n) is 8.59. The van der Waals surface area contributed by atoms with Gasteiger partial charge in [0, 0.05) is 17.1 Å². The lowest BCUT2D eigenvalue weighted by Crippen LogP contribution is -2.43. The van der Waals surface area contributed by atoms with Gasteiger partial charge in [0.1, 0.15) is 5.82 Å². The molecular formula is C26H31N3O. The monoisotopic (exact) mass is 401 g/mol. The van der Waals surface area contributed by atoms with Crippen molar-refractivity contribution in [3.8, 4) is 0 Å². The highest BCUT2D eigenvalue weighted by molar-refractivity contribution is 6.07. The molecule has 1 aromatic heterocycles. The fourth-order valence-corrected chi connectivity index (χ4v) is 4.43. The van der Waals surface area contributed by atoms with Crippen LogP contribution in [0.5, 0.6) is 0 Å². The molecule has 4 heteroatoms. The molecule has 3 atom stereocenters. The summed E-state index contributed by atoms with van der Waals surface area (Å²) >= 11 is 0. The van der Waals surface area contributed by atoms with E-state index in [1.807, 2.05) is 30.3 Å². The zero-order chi connectivity index (χ0) is 21.1. The maximum Gasteiger partial charge on any atom is 0.252 e. The fourth-order valence-electron chi connectivity index (χ4n) is 4.43. The van der Waals surface area contributed by atoms with Gasteiger partial charge >= 0.3 is 0 Å². The number of aryl methyl sites for hydroxylation is 1. The molecule has 0 bridgehead atoms. The van der Waals surface area contributed by atoms with Gasteiger partial charge in [-0.05, 0) is 54.5 Å². The molecule has 0 radical (unpaired) electrons. The van der Waals surface area contributed by atoms with Crippen LogP contribution in [0.25, 0.3) is 10.9 Å². The average Bonchev–Trinajstić information content (AvgIpc) is 2.77. The zero-order valence-corrected chi connectivity index (χ0v) is 18.1. The summed E-state index contributed by atoms with van der Waals surface area (Å²) in [5.74, 6) is 1.81. The van der Waals surface area contributed by atoms with Crippen molar-refractivity contribution in [2.24, 2.45) is 11.8 Å². The van der Waals surface area contributed by atoms with Crippen LogP contribution in [-0.4, -0.2) is 16.9 Å². The molecule has 0 spiro atoms. The van der Waals surface area contributed by atoms with E-state index in [2.05, 4.69) is 55.7 Å². The maximum atomic E-state index is 13.3. The van der Waals surface area contributed by atoms with E-state index >= 15 is 0 Å². The van der Waals surface area contributed by atoms with Crippen LogP contribution in [0.3, 0.4) is 0 Å². The van der Waals surface area contributed by atoms with Crippen LogP contribution in [0.1, 0.15) is 56.0 Å². The third-order valence-corrected chi connectivity index (χ3v) is 6.62. The van der Waals surface area contributed by atoms with E-state index in [0.717, 1.165) is 29.4 Å². The average molecular weight is 402 g/mol. The van der Waals surface area contributed by atoms with E-state index in [0.29, 0.717) is 23.2 Å². The summed E-state index contributed by atoms with van der Waals surface area (Å²) in [4.78, 5) is 18.0. The first kappa shape index (κ1) is 20.4. The number of hydrogen-bond acceptors (Lipinski definition) is 3. The number of nitrogens with zero attached hydrogens (tertiary/aromatic N) is 1. The molecule has 1 fully saturated rings. The maximum absolute atomic E-state index is 13.3. The molecular weight excluding hydrogens is 370 g/mol. The molecule has 1 aliphatic carbocycles. The standard InChI is InChI=1S/C26H31N3O/c1-4-19-12-14-20(15-13-19)27-25-16-22(21-9-5-6-10-24(21)28-25)26(30)29-23-11-7-8-17(2)18(23)3/h5-6,9-10,12-18,23H,4,7-8,11H2,1-3H3,(H,27,28)(H,29,30)/t17-,18+,23+/m0/s1. The number of rotatable bonds is 5. The lowest BCUT2D eigenvalue weighted by atomic mass is 9.78. The predicted octanol–water partition coefficient (Wildman–Crippen LogP) is 6.10. The first-order valence-electron chi connectivity index (χ1n) is 11.1. The Kier molecular flexibility index (Phi) is 6.03. The topological polar surface area (TPSA) is 54.0 Å². The molecule has 1 saturated carbocycles. The molecule has 156 valence electrons. The van der Waals surface area contributed by atoms with Gasteiger partial charge in [-0.1, -0.05) is 63.9 Å². The van der Waals surface area contributed by atoms with Gasteiger partial charge in [-0.15, -0.1) is 0 Å². The Morgan fingerprint density at radius 2 is 1.83 bits per heavy atom. The van der Waals surface area contributed by atoms with E-state index in [4.69, 9.17) is 4.98 Å². The van der Waals surface area contributed by atoms with Crippen LogP contribution in [0.4, 0.5) is 11.5 Å². The highest BCUT2D eigenvalue weighted by atomic mass is 16.1. The van der Waals surface area contributed by atoms with Gasteiger partial charge in [0.15, 0.2) is 0 Å². The summed E-state index contributed by atoms with van der Waals surface area (Å²) in [7, 11) is 0. The van der Waals surface area contributed by atoms with Crippen molar-refractivity contribution in [3.63, 3.8) is 0 Å². The quantitative estimate of drug-likeness (QED) is 0.543. The van der Waals surface area contributed by atoms with Crippen molar-refractivity contribution in [2.45, 2.75) is 52.5 Å². The van der Waals surface area contributed by atoms with Gasteiger partial charge in [-0.25, -0.2) is 4.98 Å². The Morgan fingerprint density at radius 3 is 2.60 bits per heavy atom. The normalized spacial score (nSPS) is 21.4. The van der Waals surface area contributed by atoms with Gasteiger partial charge < -0.3 is 10.6 Å². The number of pyridine rings is 1.